The fourth-order valence-corrected chi connectivity index (χ4v) is 1.77. The zero-order valence-corrected chi connectivity index (χ0v) is 11.6. The summed E-state index contributed by atoms with van der Waals surface area (Å²) in [7, 11) is 0. The lowest BCUT2D eigenvalue weighted by Gasteiger charge is -2.29. The third-order valence-electron chi connectivity index (χ3n) is 2.62. The lowest BCUT2D eigenvalue weighted by Crippen LogP contribution is -2.41. The summed E-state index contributed by atoms with van der Waals surface area (Å²) in [5.41, 5.74) is 0.575. The van der Waals surface area contributed by atoms with E-state index in [1.165, 1.54) is 19.9 Å². The van der Waals surface area contributed by atoms with Crippen LogP contribution in [-0.4, -0.2) is 24.3 Å². The molecule has 1 aromatic rings. The standard InChI is InChI=1S/C15H16O5/c1-4-18-11-7-5-10(6-8-11)9-12-13(16)19-15(2,3)20-14(12)17/h5-9H,4H2,1-3H3. The molecule has 1 aliphatic rings. The molecule has 0 spiro atoms. The van der Waals surface area contributed by atoms with Gasteiger partial charge in [0.15, 0.2) is 0 Å². The van der Waals surface area contributed by atoms with Gasteiger partial charge in [0.05, 0.1) is 6.61 Å². The lowest BCUT2D eigenvalue weighted by atomic mass is 10.1. The van der Waals surface area contributed by atoms with Crippen LogP contribution in [0, 0.1) is 0 Å². The highest BCUT2D eigenvalue weighted by molar-refractivity contribution is 6.18. The fraction of sp³-hybridized carbons (Fsp3) is 0.333. The molecular weight excluding hydrogens is 260 g/mol. The molecule has 5 nitrogen and oxygen atoms in total. The van der Waals surface area contributed by atoms with E-state index in [-0.39, 0.29) is 5.57 Å². The first-order chi connectivity index (χ1) is 9.41. The van der Waals surface area contributed by atoms with Crippen LogP contribution in [0.15, 0.2) is 29.8 Å². The Balaban J connectivity index is 2.22. The van der Waals surface area contributed by atoms with E-state index in [0.29, 0.717) is 12.2 Å². The third kappa shape index (κ3) is 3.17. The van der Waals surface area contributed by atoms with Crippen LogP contribution in [0.2, 0.25) is 0 Å². The molecule has 0 radical (unpaired) electrons. The molecule has 1 heterocycles. The molecule has 106 valence electrons. The minimum Gasteiger partial charge on any atom is -0.494 e. The molecule has 2 rings (SSSR count). The first-order valence-electron chi connectivity index (χ1n) is 6.32. The largest absolute Gasteiger partial charge is 0.494 e. The average molecular weight is 276 g/mol. The molecule has 0 saturated carbocycles. The predicted octanol–water partition coefficient (Wildman–Crippen LogP) is 2.30. The zero-order chi connectivity index (χ0) is 14.8. The van der Waals surface area contributed by atoms with E-state index in [2.05, 4.69) is 0 Å². The maximum Gasteiger partial charge on any atom is 0.348 e. The molecule has 0 amide bonds. The summed E-state index contributed by atoms with van der Waals surface area (Å²) in [4.78, 5) is 23.6. The number of cyclic esters (lactones) is 2. The second-order valence-corrected chi connectivity index (χ2v) is 4.74. The zero-order valence-electron chi connectivity index (χ0n) is 11.6. The Morgan fingerprint density at radius 3 is 2.15 bits per heavy atom. The molecule has 0 aliphatic carbocycles. The Morgan fingerprint density at radius 2 is 1.65 bits per heavy atom. The van der Waals surface area contributed by atoms with Crippen molar-refractivity contribution >= 4 is 18.0 Å². The SMILES string of the molecule is CCOc1ccc(C=C2C(=O)OC(C)(C)OC2=O)cc1. The van der Waals surface area contributed by atoms with E-state index >= 15 is 0 Å². The maximum absolute atomic E-state index is 11.8. The predicted molar refractivity (Wildman–Crippen MR) is 71.9 cm³/mol. The smallest absolute Gasteiger partial charge is 0.348 e. The lowest BCUT2D eigenvalue weighted by molar-refractivity contribution is -0.222. The van der Waals surface area contributed by atoms with Gasteiger partial charge in [0.25, 0.3) is 5.79 Å². The molecule has 1 fully saturated rings. The summed E-state index contributed by atoms with van der Waals surface area (Å²) in [6.45, 7) is 5.49. The van der Waals surface area contributed by atoms with E-state index in [4.69, 9.17) is 14.2 Å². The van der Waals surface area contributed by atoms with Gasteiger partial charge in [0, 0.05) is 13.8 Å². The van der Waals surface area contributed by atoms with Crippen LogP contribution in [0.5, 0.6) is 5.75 Å². The first-order valence-corrected chi connectivity index (χ1v) is 6.32. The van der Waals surface area contributed by atoms with Crippen LogP contribution >= 0.6 is 0 Å². The first kappa shape index (κ1) is 14.1. The van der Waals surface area contributed by atoms with E-state index in [1.54, 1.807) is 24.3 Å². The van der Waals surface area contributed by atoms with Crippen molar-refractivity contribution in [3.05, 3.63) is 35.4 Å². The van der Waals surface area contributed by atoms with Gasteiger partial charge in [-0.05, 0) is 30.7 Å². The molecule has 1 saturated heterocycles. The summed E-state index contributed by atoms with van der Waals surface area (Å²) < 4.78 is 15.3. The number of benzene rings is 1. The minimum absolute atomic E-state index is 0.117. The van der Waals surface area contributed by atoms with Gasteiger partial charge in [-0.25, -0.2) is 9.59 Å². The quantitative estimate of drug-likeness (QED) is 0.481. The summed E-state index contributed by atoms with van der Waals surface area (Å²) in [6.07, 6.45) is 1.44. The van der Waals surface area contributed by atoms with Crippen LogP contribution in [0.1, 0.15) is 26.3 Å². The number of ether oxygens (including phenoxy) is 3. The molecule has 0 aromatic heterocycles. The number of carbonyl (C=O) groups is 2. The van der Waals surface area contributed by atoms with Crippen LogP contribution < -0.4 is 4.74 Å². The number of hydrogen-bond acceptors (Lipinski definition) is 5. The van der Waals surface area contributed by atoms with Crippen LogP contribution in [0.4, 0.5) is 0 Å². The molecule has 5 heteroatoms. The van der Waals surface area contributed by atoms with Gasteiger partial charge in [-0.15, -0.1) is 0 Å². The van der Waals surface area contributed by atoms with Crippen molar-refractivity contribution in [1.29, 1.82) is 0 Å². The van der Waals surface area contributed by atoms with Crippen LogP contribution in [0.3, 0.4) is 0 Å². The molecule has 1 aliphatic heterocycles. The van der Waals surface area contributed by atoms with Gasteiger partial charge < -0.3 is 14.2 Å². The topological polar surface area (TPSA) is 61.8 Å². The third-order valence-corrected chi connectivity index (χ3v) is 2.62. The normalized spacial score (nSPS) is 17.2. The molecular formula is C15H16O5. The Kier molecular flexibility index (Phi) is 3.79. The Labute approximate surface area is 117 Å². The van der Waals surface area contributed by atoms with E-state index in [9.17, 15) is 9.59 Å². The molecule has 1 aromatic carbocycles. The maximum atomic E-state index is 11.8. The summed E-state index contributed by atoms with van der Waals surface area (Å²) in [5.74, 6) is -1.85. The number of rotatable bonds is 3. The van der Waals surface area contributed by atoms with Gasteiger partial charge in [0.1, 0.15) is 11.3 Å². The Morgan fingerprint density at radius 1 is 1.10 bits per heavy atom. The van der Waals surface area contributed by atoms with Crippen LogP contribution in [-0.2, 0) is 19.1 Å². The average Bonchev–Trinajstić information content (AvgIpc) is 2.35. The Bertz CT molecular complexity index is 532. The molecule has 20 heavy (non-hydrogen) atoms. The van der Waals surface area contributed by atoms with Gasteiger partial charge in [-0.3, -0.25) is 0 Å². The van der Waals surface area contributed by atoms with Crippen LogP contribution in [0.25, 0.3) is 6.08 Å². The monoisotopic (exact) mass is 276 g/mol. The molecule has 0 unspecified atom stereocenters. The van der Waals surface area contributed by atoms with Crippen molar-refractivity contribution in [1.82, 2.24) is 0 Å². The number of hydrogen-bond donors (Lipinski definition) is 0. The summed E-state index contributed by atoms with van der Waals surface area (Å²) >= 11 is 0. The summed E-state index contributed by atoms with van der Waals surface area (Å²) in [5, 5.41) is 0. The minimum atomic E-state index is -1.22. The van der Waals surface area contributed by atoms with Crippen molar-refractivity contribution in [3.63, 3.8) is 0 Å². The Hall–Kier alpha value is -2.30. The highest BCUT2D eigenvalue weighted by Crippen LogP contribution is 2.24. The fourth-order valence-electron chi connectivity index (χ4n) is 1.77. The van der Waals surface area contributed by atoms with E-state index in [1.807, 2.05) is 6.92 Å². The van der Waals surface area contributed by atoms with Gasteiger partial charge in [-0.2, -0.15) is 0 Å². The van der Waals surface area contributed by atoms with Crippen molar-refractivity contribution in [2.45, 2.75) is 26.6 Å². The summed E-state index contributed by atoms with van der Waals surface area (Å²) in [6, 6.07) is 7.02. The highest BCUT2D eigenvalue weighted by Gasteiger charge is 2.38. The van der Waals surface area contributed by atoms with Crippen molar-refractivity contribution < 1.29 is 23.8 Å². The molecule has 0 atom stereocenters. The van der Waals surface area contributed by atoms with Crippen molar-refractivity contribution in [3.8, 4) is 5.75 Å². The van der Waals surface area contributed by atoms with Crippen molar-refractivity contribution in [2.24, 2.45) is 0 Å². The van der Waals surface area contributed by atoms with Gasteiger partial charge >= 0.3 is 11.9 Å². The second-order valence-electron chi connectivity index (χ2n) is 4.74. The van der Waals surface area contributed by atoms with Gasteiger partial charge in [0.2, 0.25) is 0 Å². The van der Waals surface area contributed by atoms with Gasteiger partial charge in [-0.1, -0.05) is 12.1 Å². The second kappa shape index (κ2) is 5.36. The molecule has 0 bridgehead atoms. The van der Waals surface area contributed by atoms with E-state index < -0.39 is 17.7 Å². The molecule has 0 N–H and O–H groups in total. The number of carbonyl (C=O) groups excluding carboxylic acids is 2. The van der Waals surface area contributed by atoms with E-state index in [0.717, 1.165) is 5.75 Å². The van der Waals surface area contributed by atoms with Crippen molar-refractivity contribution in [2.75, 3.05) is 6.61 Å². The highest BCUT2D eigenvalue weighted by atomic mass is 16.7. The number of esters is 2.